The van der Waals surface area contributed by atoms with Gasteiger partial charge in [-0.3, -0.25) is 4.18 Å². The monoisotopic (exact) mass is 446 g/mol. The first-order valence-electron chi connectivity index (χ1n) is 7.43. The minimum absolute atomic E-state index is 0.0421. The maximum atomic E-state index is 11.6. The molecule has 0 bridgehead atoms. The molecule has 0 atom stereocenters. The lowest BCUT2D eigenvalue weighted by Gasteiger charge is -2.10. The molecule has 0 heterocycles. The highest BCUT2D eigenvalue weighted by atomic mass is 35.7. The molecular weight excluding hydrogens is 424 g/mol. The first-order valence-corrected chi connectivity index (χ1v) is 12.0. The van der Waals surface area contributed by atoms with E-state index in [-0.39, 0.29) is 13.2 Å². The normalized spacial score (nSPS) is 11.3. The summed E-state index contributed by atoms with van der Waals surface area (Å²) in [6.45, 7) is 0.630. The first kappa shape index (κ1) is 25.6. The summed E-state index contributed by atoms with van der Waals surface area (Å²) < 4.78 is 60.2. The number of halogens is 1. The van der Waals surface area contributed by atoms with E-state index in [0.717, 1.165) is 18.1 Å². The van der Waals surface area contributed by atoms with Gasteiger partial charge in [-0.15, -0.1) is 0 Å². The van der Waals surface area contributed by atoms with Gasteiger partial charge in [0.1, 0.15) is 5.75 Å². The number of carbonyl (C=O) groups is 1. The fraction of sp³-hybridized carbons (Fsp3) is 0.533. The molecule has 0 aliphatic heterocycles. The van der Waals surface area contributed by atoms with Crippen molar-refractivity contribution in [2.45, 2.75) is 13.0 Å². The van der Waals surface area contributed by atoms with Crippen LogP contribution >= 0.6 is 10.7 Å². The van der Waals surface area contributed by atoms with Crippen molar-refractivity contribution < 1.29 is 40.0 Å². The van der Waals surface area contributed by atoms with Crippen molar-refractivity contribution in [1.29, 1.82) is 0 Å². The Balaban J connectivity index is 0.00000119. The molecule has 0 aliphatic carbocycles. The van der Waals surface area contributed by atoms with Crippen LogP contribution in [0, 0.1) is 0 Å². The van der Waals surface area contributed by atoms with Gasteiger partial charge in [-0.1, -0.05) is 0 Å². The predicted molar refractivity (Wildman–Crippen MR) is 100 cm³/mol. The Bertz CT molecular complexity index is 797. The summed E-state index contributed by atoms with van der Waals surface area (Å²) in [5.74, 6) is 0.0116. The van der Waals surface area contributed by atoms with Crippen LogP contribution in [0.5, 0.6) is 5.75 Å². The smallest absolute Gasteiger partial charge is 0.337 e. The summed E-state index contributed by atoms with van der Waals surface area (Å²) in [5, 5.41) is 0. The predicted octanol–water partition coefficient (Wildman–Crippen LogP) is 1.55. The van der Waals surface area contributed by atoms with Gasteiger partial charge in [-0.25, -0.2) is 13.2 Å². The molecule has 9 nitrogen and oxygen atoms in total. The van der Waals surface area contributed by atoms with E-state index in [2.05, 4.69) is 19.6 Å². The van der Waals surface area contributed by atoms with Gasteiger partial charge >= 0.3 is 5.97 Å². The second-order valence-corrected chi connectivity index (χ2v) is 9.89. The van der Waals surface area contributed by atoms with E-state index in [1.165, 1.54) is 7.11 Å². The number of methoxy groups -OCH3 is 2. The van der Waals surface area contributed by atoms with Crippen LogP contribution in [0.2, 0.25) is 0 Å². The van der Waals surface area contributed by atoms with Crippen molar-refractivity contribution >= 4 is 35.8 Å². The molecule has 0 N–H and O–H groups in total. The lowest BCUT2D eigenvalue weighted by molar-refractivity contribution is 0.0599. The Morgan fingerprint density at radius 2 is 1.63 bits per heavy atom. The zero-order valence-electron chi connectivity index (χ0n) is 15.4. The number of benzene rings is 1. The molecule has 0 radical (unpaired) electrons. The molecular formula is C15H23ClO9S2. The second kappa shape index (κ2) is 12.1. The minimum Gasteiger partial charge on any atom is -0.493 e. The van der Waals surface area contributed by atoms with E-state index in [9.17, 15) is 21.6 Å². The molecule has 27 heavy (non-hydrogen) atoms. The molecule has 1 rings (SSSR count). The number of ether oxygens (including phenoxy) is 3. The lowest BCUT2D eigenvalue weighted by Crippen LogP contribution is -2.08. The Morgan fingerprint density at radius 3 is 2.11 bits per heavy atom. The molecule has 12 heteroatoms. The summed E-state index contributed by atoms with van der Waals surface area (Å²) in [6.07, 6.45) is 2.31. The Hall–Kier alpha value is -1.40. The number of rotatable bonds is 9. The van der Waals surface area contributed by atoms with Crippen molar-refractivity contribution in [2.75, 3.05) is 39.9 Å². The van der Waals surface area contributed by atoms with Crippen LogP contribution in [0.4, 0.5) is 0 Å². The van der Waals surface area contributed by atoms with E-state index in [4.69, 9.17) is 9.47 Å². The van der Waals surface area contributed by atoms with Gasteiger partial charge in [0.2, 0.25) is 9.05 Å². The molecule has 0 unspecified atom stereocenters. The number of esters is 1. The molecule has 0 fully saturated rings. The SMILES string of the molecule is COCc1cc(OCCCOS(C)(=O)=O)cc(C(=O)OC)c1.CS(=O)(=O)Cl. The average molecular weight is 447 g/mol. The highest BCUT2D eigenvalue weighted by molar-refractivity contribution is 8.13. The zero-order valence-corrected chi connectivity index (χ0v) is 17.8. The maximum absolute atomic E-state index is 11.6. The van der Waals surface area contributed by atoms with Gasteiger partial charge in [0.15, 0.2) is 0 Å². The fourth-order valence-corrected chi connectivity index (χ4v) is 2.11. The van der Waals surface area contributed by atoms with Crippen molar-refractivity contribution in [3.8, 4) is 5.75 Å². The second-order valence-electron chi connectivity index (χ2n) is 5.20. The number of hydrogen-bond acceptors (Lipinski definition) is 9. The van der Waals surface area contributed by atoms with E-state index < -0.39 is 25.1 Å². The van der Waals surface area contributed by atoms with Crippen molar-refractivity contribution in [2.24, 2.45) is 0 Å². The molecule has 0 saturated carbocycles. The van der Waals surface area contributed by atoms with Crippen LogP contribution in [-0.4, -0.2) is 62.7 Å². The standard InChI is InChI=1S/C14H20O7S.CH3ClO2S/c1-18-10-11-7-12(14(15)19-2)9-13(8-11)20-5-4-6-21-22(3,16)17;1-5(2,3)4/h7-9H,4-6,10H2,1-3H3;1H3. The van der Waals surface area contributed by atoms with E-state index in [1.807, 2.05) is 0 Å². The Labute approximate surface area is 164 Å². The summed E-state index contributed by atoms with van der Waals surface area (Å²) in [7, 11) is 0.719. The van der Waals surface area contributed by atoms with Gasteiger partial charge in [-0.05, 0) is 23.8 Å². The Morgan fingerprint density at radius 1 is 1.04 bits per heavy atom. The fourth-order valence-electron chi connectivity index (χ4n) is 1.69. The van der Waals surface area contributed by atoms with Crippen molar-refractivity contribution in [3.63, 3.8) is 0 Å². The summed E-state index contributed by atoms with van der Waals surface area (Å²) >= 11 is 0. The van der Waals surface area contributed by atoms with E-state index in [1.54, 1.807) is 25.3 Å². The van der Waals surface area contributed by atoms with Crippen LogP contribution in [0.15, 0.2) is 18.2 Å². The lowest BCUT2D eigenvalue weighted by atomic mass is 10.1. The zero-order chi connectivity index (χ0) is 21.1. The maximum Gasteiger partial charge on any atom is 0.337 e. The molecule has 0 aromatic heterocycles. The molecule has 0 aliphatic rings. The molecule has 0 amide bonds. The van der Waals surface area contributed by atoms with Crippen LogP contribution < -0.4 is 4.74 Å². The van der Waals surface area contributed by atoms with Crippen LogP contribution in [0.1, 0.15) is 22.3 Å². The van der Waals surface area contributed by atoms with Gasteiger partial charge < -0.3 is 14.2 Å². The first-order chi connectivity index (χ1) is 12.4. The largest absolute Gasteiger partial charge is 0.493 e. The molecule has 0 saturated heterocycles. The molecule has 0 spiro atoms. The Kier molecular flexibility index (Phi) is 11.5. The minimum atomic E-state index is -3.44. The van der Waals surface area contributed by atoms with Crippen LogP contribution in [0.3, 0.4) is 0 Å². The van der Waals surface area contributed by atoms with E-state index in [0.29, 0.717) is 24.3 Å². The number of carbonyl (C=O) groups excluding carboxylic acids is 1. The average Bonchev–Trinajstić information content (AvgIpc) is 2.51. The van der Waals surface area contributed by atoms with Crippen molar-refractivity contribution in [1.82, 2.24) is 0 Å². The molecule has 156 valence electrons. The van der Waals surface area contributed by atoms with E-state index >= 15 is 0 Å². The van der Waals surface area contributed by atoms with Gasteiger partial charge in [-0.2, -0.15) is 8.42 Å². The highest BCUT2D eigenvalue weighted by Crippen LogP contribution is 2.19. The highest BCUT2D eigenvalue weighted by Gasteiger charge is 2.10. The van der Waals surface area contributed by atoms with Gasteiger partial charge in [0.25, 0.3) is 10.1 Å². The molecule has 1 aromatic carbocycles. The van der Waals surface area contributed by atoms with Crippen LogP contribution in [0.25, 0.3) is 0 Å². The quantitative estimate of drug-likeness (QED) is 0.240. The summed E-state index contributed by atoms with van der Waals surface area (Å²) in [4.78, 5) is 11.6. The third kappa shape index (κ3) is 15.4. The number of hydrogen-bond donors (Lipinski definition) is 0. The summed E-state index contributed by atoms with van der Waals surface area (Å²) in [6, 6.07) is 4.96. The van der Waals surface area contributed by atoms with Gasteiger partial charge in [0, 0.05) is 24.2 Å². The topological polar surface area (TPSA) is 122 Å². The molecule has 1 aromatic rings. The summed E-state index contributed by atoms with van der Waals surface area (Å²) in [5.41, 5.74) is 1.13. The van der Waals surface area contributed by atoms with Crippen LogP contribution in [-0.2, 0) is 39.4 Å². The van der Waals surface area contributed by atoms with Gasteiger partial charge in [0.05, 0.1) is 45.0 Å². The third-order valence-electron chi connectivity index (χ3n) is 2.55. The van der Waals surface area contributed by atoms with Crippen molar-refractivity contribution in [3.05, 3.63) is 29.3 Å². The third-order valence-corrected chi connectivity index (χ3v) is 3.15.